The minimum Gasteiger partial charge on any atom is -0.483 e. The first-order valence-corrected chi connectivity index (χ1v) is 6.91. The van der Waals surface area contributed by atoms with Gasteiger partial charge in [-0.1, -0.05) is 6.07 Å². The van der Waals surface area contributed by atoms with E-state index in [-0.39, 0.29) is 0 Å². The summed E-state index contributed by atoms with van der Waals surface area (Å²) in [5.74, 6) is 1.39. The van der Waals surface area contributed by atoms with Crippen LogP contribution in [-0.2, 0) is 6.42 Å². The van der Waals surface area contributed by atoms with Crippen molar-refractivity contribution in [2.24, 2.45) is 0 Å². The average molecular weight is 251 g/mol. The molecule has 2 nitrogen and oxygen atoms in total. The molecule has 17 heavy (non-hydrogen) atoms. The van der Waals surface area contributed by atoms with Crippen LogP contribution >= 0.6 is 12.6 Å². The van der Waals surface area contributed by atoms with Crippen LogP contribution in [0.1, 0.15) is 29.5 Å². The minimum atomic E-state index is 0.433. The highest BCUT2D eigenvalue weighted by Gasteiger charge is 2.19. The lowest BCUT2D eigenvalue weighted by molar-refractivity contribution is 0.391. The molecule has 2 rings (SSSR count). The van der Waals surface area contributed by atoms with Crippen molar-refractivity contribution >= 4 is 12.6 Å². The van der Waals surface area contributed by atoms with Crippen molar-refractivity contribution in [2.75, 3.05) is 12.5 Å². The van der Waals surface area contributed by atoms with E-state index in [9.17, 15) is 0 Å². The van der Waals surface area contributed by atoms with Gasteiger partial charge in [0, 0.05) is 6.04 Å². The van der Waals surface area contributed by atoms with Gasteiger partial charge in [0.05, 0.1) is 0 Å². The average Bonchev–Trinajstić information content (AvgIpc) is 3.09. The molecule has 0 radical (unpaired) electrons. The number of hydrogen-bond acceptors (Lipinski definition) is 3. The molecular formula is C14H21NOS. The van der Waals surface area contributed by atoms with Crippen LogP contribution in [-0.4, -0.2) is 18.5 Å². The molecule has 0 aliphatic heterocycles. The summed E-state index contributed by atoms with van der Waals surface area (Å²) in [7, 11) is 0. The molecule has 0 aromatic heterocycles. The second-order valence-corrected chi connectivity index (χ2v) is 5.05. The van der Waals surface area contributed by atoms with E-state index in [1.807, 2.05) is 0 Å². The lowest BCUT2D eigenvalue weighted by Gasteiger charge is -2.12. The van der Waals surface area contributed by atoms with Crippen LogP contribution in [0.15, 0.2) is 12.1 Å². The molecule has 1 aromatic rings. The van der Waals surface area contributed by atoms with Gasteiger partial charge in [-0.15, -0.1) is 12.6 Å². The van der Waals surface area contributed by atoms with E-state index in [1.54, 1.807) is 0 Å². The van der Waals surface area contributed by atoms with Gasteiger partial charge in [-0.2, -0.15) is 0 Å². The summed E-state index contributed by atoms with van der Waals surface area (Å²) in [6.45, 7) is 5.32. The Bertz CT molecular complexity index is 388. The van der Waals surface area contributed by atoms with E-state index in [0.717, 1.165) is 24.8 Å². The van der Waals surface area contributed by atoms with Gasteiger partial charge in [0.2, 0.25) is 0 Å². The maximum absolute atomic E-state index is 5.47. The highest BCUT2D eigenvalue weighted by molar-refractivity contribution is 7.80. The first-order valence-electron chi connectivity index (χ1n) is 6.28. The minimum absolute atomic E-state index is 0.433. The van der Waals surface area contributed by atoms with Crippen LogP contribution in [0, 0.1) is 13.8 Å². The zero-order valence-corrected chi connectivity index (χ0v) is 11.5. The van der Waals surface area contributed by atoms with Crippen molar-refractivity contribution in [3.63, 3.8) is 0 Å². The number of aryl methyl sites for hydroxylation is 2. The Hall–Kier alpha value is -0.670. The van der Waals surface area contributed by atoms with Crippen LogP contribution in [0.3, 0.4) is 0 Å². The molecule has 0 unspecified atom stereocenters. The fourth-order valence-corrected chi connectivity index (χ4v) is 2.18. The van der Waals surface area contributed by atoms with E-state index in [1.165, 1.54) is 29.5 Å². The molecule has 3 heteroatoms. The molecule has 0 saturated heterocycles. The van der Waals surface area contributed by atoms with E-state index in [0.29, 0.717) is 5.94 Å². The smallest absolute Gasteiger partial charge is 0.131 e. The highest BCUT2D eigenvalue weighted by atomic mass is 32.1. The Morgan fingerprint density at radius 2 is 2.06 bits per heavy atom. The van der Waals surface area contributed by atoms with Gasteiger partial charge < -0.3 is 10.1 Å². The van der Waals surface area contributed by atoms with Crippen molar-refractivity contribution in [3.8, 4) is 5.75 Å². The van der Waals surface area contributed by atoms with Gasteiger partial charge in [0.15, 0.2) is 0 Å². The Morgan fingerprint density at radius 1 is 1.29 bits per heavy atom. The van der Waals surface area contributed by atoms with Crippen LogP contribution in [0.5, 0.6) is 5.75 Å². The maximum Gasteiger partial charge on any atom is 0.131 e. The number of hydrogen-bond donors (Lipinski definition) is 2. The Morgan fingerprint density at radius 3 is 2.71 bits per heavy atom. The third-order valence-electron chi connectivity index (χ3n) is 3.26. The lowest BCUT2D eigenvalue weighted by Crippen LogP contribution is -2.19. The van der Waals surface area contributed by atoms with Crippen LogP contribution in [0.2, 0.25) is 0 Å². The summed E-state index contributed by atoms with van der Waals surface area (Å²) in [5, 5.41) is 3.55. The normalized spacial score (nSPS) is 15.0. The first kappa shape index (κ1) is 12.8. The molecule has 0 bridgehead atoms. The molecular weight excluding hydrogens is 230 g/mol. The second kappa shape index (κ2) is 5.78. The number of rotatable bonds is 6. The Labute approximate surface area is 109 Å². The molecule has 1 fully saturated rings. The van der Waals surface area contributed by atoms with Gasteiger partial charge in [-0.25, -0.2) is 0 Å². The zero-order chi connectivity index (χ0) is 12.3. The summed E-state index contributed by atoms with van der Waals surface area (Å²) < 4.78 is 5.47. The molecule has 0 amide bonds. The van der Waals surface area contributed by atoms with Crippen molar-refractivity contribution < 1.29 is 4.74 Å². The summed E-state index contributed by atoms with van der Waals surface area (Å²) in [4.78, 5) is 0. The number of nitrogens with one attached hydrogen (secondary N) is 1. The number of thiol groups is 1. The molecule has 1 aromatic carbocycles. The molecule has 1 aliphatic carbocycles. The third-order valence-corrected chi connectivity index (χ3v) is 3.39. The van der Waals surface area contributed by atoms with Crippen LogP contribution in [0.25, 0.3) is 0 Å². The standard InChI is InChI=1S/C14H21NOS/c1-10-8-14(16-9-17)11(2)7-12(10)5-6-15-13-3-4-13/h7-8,13,15,17H,3-6,9H2,1-2H3. The van der Waals surface area contributed by atoms with Crippen molar-refractivity contribution in [2.45, 2.75) is 39.2 Å². The SMILES string of the molecule is Cc1cc(OCS)c(C)cc1CCNC1CC1. The largest absolute Gasteiger partial charge is 0.483 e. The molecule has 1 aliphatic rings. The lowest BCUT2D eigenvalue weighted by atomic mass is 10.0. The molecule has 0 spiro atoms. The Kier molecular flexibility index (Phi) is 4.35. The summed E-state index contributed by atoms with van der Waals surface area (Å²) in [6, 6.07) is 5.16. The predicted molar refractivity (Wildman–Crippen MR) is 75.1 cm³/mol. The summed E-state index contributed by atoms with van der Waals surface area (Å²) in [5.41, 5.74) is 3.93. The van der Waals surface area contributed by atoms with E-state index in [2.05, 4.69) is 43.9 Å². The van der Waals surface area contributed by atoms with Crippen LogP contribution in [0.4, 0.5) is 0 Å². The van der Waals surface area contributed by atoms with Gasteiger partial charge in [0.1, 0.15) is 11.7 Å². The zero-order valence-electron chi connectivity index (χ0n) is 10.6. The fourth-order valence-electron chi connectivity index (χ4n) is 2.04. The summed E-state index contributed by atoms with van der Waals surface area (Å²) in [6.07, 6.45) is 3.81. The quantitative estimate of drug-likeness (QED) is 0.599. The third kappa shape index (κ3) is 3.65. The topological polar surface area (TPSA) is 21.3 Å². The van der Waals surface area contributed by atoms with E-state index >= 15 is 0 Å². The van der Waals surface area contributed by atoms with Gasteiger partial charge in [-0.05, 0) is 62.4 Å². The first-order chi connectivity index (χ1) is 8.20. The molecule has 1 saturated carbocycles. The maximum atomic E-state index is 5.47. The molecule has 94 valence electrons. The number of benzene rings is 1. The molecule has 0 atom stereocenters. The summed E-state index contributed by atoms with van der Waals surface area (Å²) >= 11 is 4.09. The fraction of sp³-hybridized carbons (Fsp3) is 0.571. The number of ether oxygens (including phenoxy) is 1. The van der Waals surface area contributed by atoms with Gasteiger partial charge in [0.25, 0.3) is 0 Å². The Balaban J connectivity index is 1.97. The van der Waals surface area contributed by atoms with Crippen LogP contribution < -0.4 is 10.1 Å². The van der Waals surface area contributed by atoms with Crippen molar-refractivity contribution in [3.05, 3.63) is 28.8 Å². The molecule has 0 heterocycles. The van der Waals surface area contributed by atoms with Crippen molar-refractivity contribution in [1.29, 1.82) is 0 Å². The monoisotopic (exact) mass is 251 g/mol. The van der Waals surface area contributed by atoms with Gasteiger partial charge in [-0.3, -0.25) is 0 Å². The van der Waals surface area contributed by atoms with Crippen molar-refractivity contribution in [1.82, 2.24) is 5.32 Å². The van der Waals surface area contributed by atoms with E-state index in [4.69, 9.17) is 4.74 Å². The highest BCUT2D eigenvalue weighted by Crippen LogP contribution is 2.24. The van der Waals surface area contributed by atoms with E-state index < -0.39 is 0 Å². The molecule has 1 N–H and O–H groups in total. The predicted octanol–water partition coefficient (Wildman–Crippen LogP) is 2.86. The van der Waals surface area contributed by atoms with Gasteiger partial charge >= 0.3 is 0 Å². The second-order valence-electron chi connectivity index (χ2n) is 4.80.